The van der Waals surface area contributed by atoms with Crippen LogP contribution in [0, 0.1) is 0 Å². The molecule has 0 aromatic rings. The molecule has 110 valence electrons. The Kier molecular flexibility index (Phi) is 4.01. The van der Waals surface area contributed by atoms with E-state index in [9.17, 15) is 23.4 Å². The third-order valence-corrected chi connectivity index (χ3v) is 4.27. The SMILES string of the molecule is CN(C)C1=N[C@@H]2C(O)[C@H](O)[C@@H](CC(F)(F)F)O[C@@H]2S1. The standard InChI is InChI=1S/C10H15F3N2O3S/c1-15(2)9-14-5-7(17)6(16)4(3-10(11,12)13)18-8(5)19-9/h4-8,16-17H,3H2,1-2H3/t4-,5-,6-,7?,8-/m1/s1. The van der Waals surface area contributed by atoms with Gasteiger partial charge in [-0.3, -0.25) is 4.99 Å². The van der Waals surface area contributed by atoms with Crippen molar-refractivity contribution in [3.8, 4) is 0 Å². The molecule has 19 heavy (non-hydrogen) atoms. The van der Waals surface area contributed by atoms with E-state index in [1.54, 1.807) is 19.0 Å². The zero-order valence-corrected chi connectivity index (χ0v) is 11.1. The number of nitrogens with zero attached hydrogens (tertiary/aromatic N) is 2. The van der Waals surface area contributed by atoms with Gasteiger partial charge >= 0.3 is 6.18 Å². The van der Waals surface area contributed by atoms with Crippen LogP contribution in [0.5, 0.6) is 0 Å². The summed E-state index contributed by atoms with van der Waals surface area (Å²) in [6.07, 6.45) is -10.1. The van der Waals surface area contributed by atoms with E-state index in [1.165, 1.54) is 0 Å². The lowest BCUT2D eigenvalue weighted by molar-refractivity contribution is -0.209. The number of amidine groups is 1. The minimum atomic E-state index is -4.45. The normalized spacial score (nSPS) is 38.9. The van der Waals surface area contributed by atoms with Gasteiger partial charge in [0.2, 0.25) is 0 Å². The highest BCUT2D eigenvalue weighted by Gasteiger charge is 2.51. The lowest BCUT2D eigenvalue weighted by atomic mass is 9.96. The maximum atomic E-state index is 12.4. The molecule has 5 atom stereocenters. The van der Waals surface area contributed by atoms with Crippen LogP contribution in [0.25, 0.3) is 0 Å². The Balaban J connectivity index is 2.10. The van der Waals surface area contributed by atoms with Gasteiger partial charge in [0.05, 0.1) is 12.5 Å². The second-order valence-corrected chi connectivity index (χ2v) is 5.82. The van der Waals surface area contributed by atoms with Gasteiger partial charge in [0.25, 0.3) is 0 Å². The zero-order valence-electron chi connectivity index (χ0n) is 10.3. The average molecular weight is 300 g/mol. The maximum absolute atomic E-state index is 12.4. The van der Waals surface area contributed by atoms with Crippen molar-refractivity contribution in [2.45, 2.75) is 42.4 Å². The molecule has 9 heteroatoms. The van der Waals surface area contributed by atoms with Gasteiger partial charge in [-0.1, -0.05) is 11.8 Å². The van der Waals surface area contributed by atoms with Gasteiger partial charge in [0.1, 0.15) is 23.7 Å². The van der Waals surface area contributed by atoms with Crippen molar-refractivity contribution in [2.75, 3.05) is 14.1 Å². The first-order valence-electron chi connectivity index (χ1n) is 5.69. The van der Waals surface area contributed by atoms with Crippen molar-refractivity contribution in [1.29, 1.82) is 0 Å². The van der Waals surface area contributed by atoms with E-state index < -0.39 is 42.4 Å². The number of hydrogen-bond acceptors (Lipinski definition) is 6. The number of thioether (sulfide) groups is 1. The zero-order chi connectivity index (χ0) is 14.4. The number of fused-ring (bicyclic) bond motifs is 1. The first kappa shape index (κ1) is 14.9. The van der Waals surface area contributed by atoms with Gasteiger partial charge in [-0.2, -0.15) is 13.2 Å². The van der Waals surface area contributed by atoms with Crippen LogP contribution in [0.1, 0.15) is 6.42 Å². The summed E-state index contributed by atoms with van der Waals surface area (Å²) in [5.74, 6) is 0. The highest BCUT2D eigenvalue weighted by molar-refractivity contribution is 8.14. The van der Waals surface area contributed by atoms with Crippen LogP contribution in [0.15, 0.2) is 4.99 Å². The van der Waals surface area contributed by atoms with Crippen LogP contribution in [-0.4, -0.2) is 70.3 Å². The first-order chi connectivity index (χ1) is 8.69. The first-order valence-corrected chi connectivity index (χ1v) is 6.57. The molecule has 1 fully saturated rings. The molecular weight excluding hydrogens is 285 g/mol. The molecule has 0 aromatic heterocycles. The fraction of sp³-hybridized carbons (Fsp3) is 0.900. The van der Waals surface area contributed by atoms with E-state index in [0.717, 1.165) is 11.8 Å². The second-order valence-electron chi connectivity index (χ2n) is 4.76. The Morgan fingerprint density at radius 2 is 1.95 bits per heavy atom. The molecule has 2 heterocycles. The van der Waals surface area contributed by atoms with E-state index in [1.807, 2.05) is 0 Å². The fourth-order valence-electron chi connectivity index (χ4n) is 2.03. The van der Waals surface area contributed by atoms with E-state index in [0.29, 0.717) is 5.17 Å². The van der Waals surface area contributed by atoms with Crippen molar-refractivity contribution in [2.24, 2.45) is 4.99 Å². The Morgan fingerprint density at radius 3 is 2.47 bits per heavy atom. The van der Waals surface area contributed by atoms with Crippen LogP contribution in [-0.2, 0) is 4.74 Å². The molecule has 2 rings (SSSR count). The van der Waals surface area contributed by atoms with Gasteiger partial charge < -0.3 is 19.8 Å². The number of hydrogen-bond donors (Lipinski definition) is 2. The predicted octanol–water partition coefficient (Wildman–Crippen LogP) is 0.418. The fourth-order valence-corrected chi connectivity index (χ4v) is 3.19. The van der Waals surface area contributed by atoms with Crippen molar-refractivity contribution in [3.63, 3.8) is 0 Å². The third-order valence-electron chi connectivity index (χ3n) is 2.96. The van der Waals surface area contributed by atoms with Crippen LogP contribution >= 0.6 is 11.8 Å². The van der Waals surface area contributed by atoms with E-state index in [4.69, 9.17) is 4.74 Å². The number of halogens is 3. The van der Waals surface area contributed by atoms with E-state index >= 15 is 0 Å². The van der Waals surface area contributed by atoms with Crippen molar-refractivity contribution < 1.29 is 28.1 Å². The van der Waals surface area contributed by atoms with Crippen LogP contribution in [0.4, 0.5) is 13.2 Å². The summed E-state index contributed by atoms with van der Waals surface area (Å²) in [5.41, 5.74) is -0.692. The highest BCUT2D eigenvalue weighted by atomic mass is 32.2. The van der Waals surface area contributed by atoms with E-state index in [2.05, 4.69) is 4.99 Å². The molecule has 1 unspecified atom stereocenters. The summed E-state index contributed by atoms with van der Waals surface area (Å²) in [6.45, 7) is 0. The van der Waals surface area contributed by atoms with E-state index in [-0.39, 0.29) is 0 Å². The molecule has 2 aliphatic heterocycles. The van der Waals surface area contributed by atoms with Gasteiger partial charge in [-0.05, 0) is 0 Å². The van der Waals surface area contributed by atoms with Gasteiger partial charge in [0, 0.05) is 14.1 Å². The molecule has 0 radical (unpaired) electrons. The number of ether oxygens (including phenoxy) is 1. The predicted molar refractivity (Wildman–Crippen MR) is 63.8 cm³/mol. The summed E-state index contributed by atoms with van der Waals surface area (Å²) < 4.78 is 42.4. The number of aliphatic imine (C=N–C) groups is 1. The molecule has 2 aliphatic rings. The number of rotatable bonds is 1. The second kappa shape index (κ2) is 5.12. The Labute approximate surface area is 112 Å². The molecule has 0 spiro atoms. The minimum Gasteiger partial charge on any atom is -0.388 e. The van der Waals surface area contributed by atoms with Crippen LogP contribution in [0.3, 0.4) is 0 Å². The lowest BCUT2D eigenvalue weighted by Gasteiger charge is -2.38. The molecule has 2 N–H and O–H groups in total. The Bertz CT molecular complexity index is 378. The summed E-state index contributed by atoms with van der Waals surface area (Å²) >= 11 is 1.15. The minimum absolute atomic E-state index is 0.564. The van der Waals surface area contributed by atoms with Gasteiger partial charge in [-0.25, -0.2) is 0 Å². The number of aliphatic hydroxyl groups is 2. The monoisotopic (exact) mass is 300 g/mol. The van der Waals surface area contributed by atoms with Gasteiger partial charge in [-0.15, -0.1) is 0 Å². The van der Waals surface area contributed by atoms with Gasteiger partial charge in [0.15, 0.2) is 5.17 Å². The van der Waals surface area contributed by atoms with Crippen LogP contribution in [0.2, 0.25) is 0 Å². The smallest absolute Gasteiger partial charge is 0.388 e. The number of aliphatic hydroxyl groups excluding tert-OH is 2. The largest absolute Gasteiger partial charge is 0.391 e. The molecule has 0 saturated carbocycles. The number of alkyl halides is 3. The summed E-state index contributed by atoms with van der Waals surface area (Å²) in [4.78, 5) is 5.85. The van der Waals surface area contributed by atoms with Crippen LogP contribution < -0.4 is 0 Å². The topological polar surface area (TPSA) is 65.3 Å². The Morgan fingerprint density at radius 1 is 1.32 bits per heavy atom. The lowest BCUT2D eigenvalue weighted by Crippen LogP contribution is -2.55. The maximum Gasteiger partial charge on any atom is 0.391 e. The van der Waals surface area contributed by atoms with Crippen molar-refractivity contribution >= 4 is 16.9 Å². The molecule has 1 saturated heterocycles. The Hall–Kier alpha value is -0.510. The molecule has 0 aliphatic carbocycles. The van der Waals surface area contributed by atoms with Crippen molar-refractivity contribution in [1.82, 2.24) is 4.90 Å². The molecule has 0 aromatic carbocycles. The summed E-state index contributed by atoms with van der Waals surface area (Å²) in [5, 5.41) is 20.1. The molecule has 5 nitrogen and oxygen atoms in total. The average Bonchev–Trinajstić information content (AvgIpc) is 2.67. The quantitative estimate of drug-likeness (QED) is 0.735. The molecule has 0 bridgehead atoms. The summed E-state index contributed by atoms with van der Waals surface area (Å²) in [6, 6.07) is -0.734. The van der Waals surface area contributed by atoms with Crippen molar-refractivity contribution in [3.05, 3.63) is 0 Å². The summed E-state index contributed by atoms with van der Waals surface area (Å²) in [7, 11) is 3.47. The molecular formula is C10H15F3N2O3S. The molecule has 0 amide bonds. The highest BCUT2D eigenvalue weighted by Crippen LogP contribution is 2.39. The third kappa shape index (κ3) is 3.15.